The minimum absolute atomic E-state index is 0.638. The van der Waals surface area contributed by atoms with Crippen LogP contribution in [0.3, 0.4) is 0 Å². The molecule has 0 spiro atoms. The molecule has 304 valence electrons. The van der Waals surface area contributed by atoms with Gasteiger partial charge in [-0.2, -0.15) is 0 Å². The molecule has 0 unspecified atom stereocenters. The van der Waals surface area contributed by atoms with E-state index >= 15 is 0 Å². The van der Waals surface area contributed by atoms with Gasteiger partial charge in [-0.25, -0.2) is 4.85 Å². The van der Waals surface area contributed by atoms with E-state index in [0.29, 0.717) is 5.69 Å². The maximum absolute atomic E-state index is 7.44. The smallest absolute Gasteiger partial charge is 0.187 e. The lowest BCUT2D eigenvalue weighted by molar-refractivity contribution is 1.18. The zero-order valence-corrected chi connectivity index (χ0v) is 36.1. The Balaban J connectivity index is 0.922. The van der Waals surface area contributed by atoms with Gasteiger partial charge in [0.05, 0.1) is 17.6 Å². The summed E-state index contributed by atoms with van der Waals surface area (Å²) >= 11 is 1.87. The van der Waals surface area contributed by atoms with Gasteiger partial charge < -0.3 is 9.47 Å². The molecule has 0 amide bonds. The van der Waals surface area contributed by atoms with Crippen LogP contribution in [0.25, 0.3) is 97.0 Å². The summed E-state index contributed by atoms with van der Waals surface area (Å²) in [5, 5.41) is 5.01. The maximum atomic E-state index is 7.44. The van der Waals surface area contributed by atoms with Crippen LogP contribution in [0.1, 0.15) is 0 Å². The molecule has 65 heavy (non-hydrogen) atoms. The number of hydrogen-bond donors (Lipinski definition) is 0. The lowest BCUT2D eigenvalue weighted by Gasteiger charge is -2.26. The molecule has 0 N–H and O–H groups in total. The fraction of sp³-hybridized carbons (Fsp3) is 0. The summed E-state index contributed by atoms with van der Waals surface area (Å²) in [6.07, 6.45) is 0. The fourth-order valence-electron chi connectivity index (χ4n) is 9.43. The van der Waals surface area contributed by atoms with E-state index in [-0.39, 0.29) is 0 Å². The van der Waals surface area contributed by atoms with Crippen molar-refractivity contribution in [2.75, 3.05) is 4.90 Å². The van der Waals surface area contributed by atoms with Crippen LogP contribution >= 0.6 is 11.3 Å². The van der Waals surface area contributed by atoms with E-state index in [2.05, 4.69) is 227 Å². The molecule has 0 aliphatic heterocycles. The van der Waals surface area contributed by atoms with Gasteiger partial charge in [0, 0.05) is 53.7 Å². The zero-order valence-electron chi connectivity index (χ0n) is 35.3. The first-order valence-electron chi connectivity index (χ1n) is 21.9. The third-order valence-corrected chi connectivity index (χ3v) is 13.9. The minimum atomic E-state index is 0.638. The average molecular weight is 846 g/mol. The van der Waals surface area contributed by atoms with Gasteiger partial charge in [0.2, 0.25) is 0 Å². The summed E-state index contributed by atoms with van der Waals surface area (Å²) < 4.78 is 4.92. The molecule has 4 heteroatoms. The van der Waals surface area contributed by atoms with E-state index in [4.69, 9.17) is 6.57 Å². The third kappa shape index (κ3) is 6.83. The molecule has 0 bridgehead atoms. The molecule has 0 saturated heterocycles. The van der Waals surface area contributed by atoms with Crippen LogP contribution in [0.2, 0.25) is 0 Å². The predicted octanol–water partition coefficient (Wildman–Crippen LogP) is 17.8. The molecule has 0 fully saturated rings. The van der Waals surface area contributed by atoms with E-state index in [1.165, 1.54) is 64.3 Å². The number of benzene rings is 10. The summed E-state index contributed by atoms with van der Waals surface area (Å²) in [6, 6.07) is 84.9. The number of thiophene rings is 1. The number of anilines is 3. The fourth-order valence-corrected chi connectivity index (χ4v) is 10.7. The molecule has 12 aromatic rings. The Morgan fingerprint density at radius 1 is 0.369 bits per heavy atom. The molecule has 2 aromatic heterocycles. The Labute approximate surface area is 381 Å². The third-order valence-electron chi connectivity index (χ3n) is 12.6. The standard InChI is InChI=1S/C61H39N3S/c1-62-48-28-36-52(37-29-48)64-58-19-7-5-15-54(58)57-40-47(27-38-59(57)64)43-23-32-50(33-24-43)63(49-30-21-42(22-31-49)46-14-9-13-45(39-46)41-11-3-2-4-12-41)51-34-25-44(26-35-51)53-17-10-18-56-55-16-6-8-20-60(55)65-61(53)56/h2-40H. The molecule has 12 rings (SSSR count). The molecule has 0 saturated carbocycles. The molecule has 10 aromatic carbocycles. The van der Waals surface area contributed by atoms with E-state index in [1.807, 2.05) is 35.6 Å². The van der Waals surface area contributed by atoms with Gasteiger partial charge >= 0.3 is 0 Å². The van der Waals surface area contributed by atoms with Gasteiger partial charge in [-0.1, -0.05) is 158 Å². The van der Waals surface area contributed by atoms with Crippen molar-refractivity contribution >= 4 is 76.1 Å². The van der Waals surface area contributed by atoms with Gasteiger partial charge in [-0.3, -0.25) is 0 Å². The van der Waals surface area contributed by atoms with Gasteiger partial charge in [0.1, 0.15) is 0 Å². The highest BCUT2D eigenvalue weighted by molar-refractivity contribution is 7.26. The SMILES string of the molecule is [C-]#[N+]c1ccc(-n2c3ccccc3c3cc(-c4ccc(N(c5ccc(-c6cccc(-c7ccccc7)c6)cc5)c5ccc(-c6cccc7c6sc6ccccc67)cc5)cc4)ccc32)cc1. The van der Waals surface area contributed by atoms with Crippen molar-refractivity contribution in [1.82, 2.24) is 4.57 Å². The molecular weight excluding hydrogens is 807 g/mol. The molecule has 0 aliphatic rings. The summed E-state index contributed by atoms with van der Waals surface area (Å²) in [7, 11) is 0. The second-order valence-corrected chi connectivity index (χ2v) is 17.5. The summed E-state index contributed by atoms with van der Waals surface area (Å²) in [5.41, 5.74) is 16.7. The molecule has 0 aliphatic carbocycles. The summed E-state index contributed by atoms with van der Waals surface area (Å²) in [4.78, 5) is 5.96. The van der Waals surface area contributed by atoms with Crippen LogP contribution in [-0.4, -0.2) is 4.57 Å². The second-order valence-electron chi connectivity index (χ2n) is 16.4. The monoisotopic (exact) mass is 845 g/mol. The average Bonchev–Trinajstić information content (AvgIpc) is 3.93. The van der Waals surface area contributed by atoms with Crippen LogP contribution in [-0.2, 0) is 0 Å². The number of hydrogen-bond acceptors (Lipinski definition) is 2. The van der Waals surface area contributed by atoms with E-state index in [1.54, 1.807) is 0 Å². The quantitative estimate of drug-likeness (QED) is 0.139. The van der Waals surface area contributed by atoms with Crippen molar-refractivity contribution < 1.29 is 0 Å². The number of rotatable bonds is 8. The first-order chi connectivity index (χ1) is 32.2. The van der Waals surface area contributed by atoms with Crippen molar-refractivity contribution in [2.45, 2.75) is 0 Å². The van der Waals surface area contributed by atoms with Crippen molar-refractivity contribution in [1.29, 1.82) is 0 Å². The van der Waals surface area contributed by atoms with Gasteiger partial charge in [-0.05, 0) is 123 Å². The Kier molecular flexibility index (Phi) is 9.41. The summed E-state index contributed by atoms with van der Waals surface area (Å²) in [5.74, 6) is 0. The minimum Gasteiger partial charge on any atom is -0.311 e. The predicted molar refractivity (Wildman–Crippen MR) is 276 cm³/mol. The Bertz CT molecular complexity index is 3740. The van der Waals surface area contributed by atoms with Crippen molar-refractivity contribution in [3.63, 3.8) is 0 Å². The molecule has 2 heterocycles. The number of aromatic nitrogens is 1. The molecule has 0 atom stereocenters. The van der Waals surface area contributed by atoms with Crippen molar-refractivity contribution in [2.24, 2.45) is 0 Å². The second kappa shape index (κ2) is 16.0. The highest BCUT2D eigenvalue weighted by Gasteiger charge is 2.17. The van der Waals surface area contributed by atoms with Crippen LogP contribution in [0.5, 0.6) is 0 Å². The van der Waals surface area contributed by atoms with Crippen LogP contribution in [0.4, 0.5) is 22.7 Å². The largest absolute Gasteiger partial charge is 0.311 e. The summed E-state index contributed by atoms with van der Waals surface area (Å²) in [6.45, 7) is 7.44. The zero-order chi connectivity index (χ0) is 43.3. The van der Waals surface area contributed by atoms with Crippen molar-refractivity contribution in [3.8, 4) is 50.2 Å². The Hall–Kier alpha value is -8.49. The topological polar surface area (TPSA) is 12.5 Å². The Morgan fingerprint density at radius 2 is 0.877 bits per heavy atom. The van der Waals surface area contributed by atoms with E-state index in [0.717, 1.165) is 44.9 Å². The normalized spacial score (nSPS) is 11.4. The lowest BCUT2D eigenvalue weighted by Crippen LogP contribution is -2.09. The van der Waals surface area contributed by atoms with Crippen LogP contribution < -0.4 is 4.90 Å². The molecule has 0 radical (unpaired) electrons. The number of fused-ring (bicyclic) bond motifs is 6. The lowest BCUT2D eigenvalue weighted by atomic mass is 9.98. The van der Waals surface area contributed by atoms with Gasteiger partial charge in [-0.15, -0.1) is 11.3 Å². The van der Waals surface area contributed by atoms with Gasteiger partial charge in [0.15, 0.2) is 5.69 Å². The highest BCUT2D eigenvalue weighted by atomic mass is 32.1. The van der Waals surface area contributed by atoms with E-state index in [9.17, 15) is 0 Å². The number of para-hydroxylation sites is 1. The van der Waals surface area contributed by atoms with Crippen LogP contribution in [0, 0.1) is 6.57 Å². The van der Waals surface area contributed by atoms with Crippen LogP contribution in [0.15, 0.2) is 237 Å². The molecular formula is C61H39N3S. The molecule has 3 nitrogen and oxygen atoms in total. The maximum Gasteiger partial charge on any atom is 0.187 e. The van der Waals surface area contributed by atoms with Crippen molar-refractivity contribution in [3.05, 3.63) is 248 Å². The first-order valence-corrected chi connectivity index (χ1v) is 22.7. The van der Waals surface area contributed by atoms with Gasteiger partial charge in [0.25, 0.3) is 0 Å². The Morgan fingerprint density at radius 3 is 1.55 bits per heavy atom. The van der Waals surface area contributed by atoms with E-state index < -0.39 is 0 Å². The first kappa shape index (κ1) is 38.2. The highest BCUT2D eigenvalue weighted by Crippen LogP contribution is 2.43. The number of nitrogens with zero attached hydrogens (tertiary/aromatic N) is 3.